The van der Waals surface area contributed by atoms with Crippen LogP contribution in [0.1, 0.15) is 44.4 Å². The SMILES string of the molecule is CCC(C)NC1c2ccccc2CC1C. The first-order valence-corrected chi connectivity index (χ1v) is 6.06. The van der Waals surface area contributed by atoms with Crippen LogP contribution in [-0.4, -0.2) is 6.04 Å². The van der Waals surface area contributed by atoms with Gasteiger partial charge in [0, 0.05) is 12.1 Å². The fraction of sp³-hybridized carbons (Fsp3) is 0.571. The second-order valence-electron chi connectivity index (χ2n) is 4.83. The van der Waals surface area contributed by atoms with Gasteiger partial charge in [-0.05, 0) is 36.8 Å². The Morgan fingerprint density at radius 1 is 1.40 bits per heavy atom. The van der Waals surface area contributed by atoms with E-state index in [1.54, 1.807) is 0 Å². The Balaban J connectivity index is 2.18. The smallest absolute Gasteiger partial charge is 0.0354 e. The molecule has 1 aliphatic rings. The Morgan fingerprint density at radius 3 is 2.87 bits per heavy atom. The average Bonchev–Trinajstić information content (AvgIpc) is 2.55. The molecule has 82 valence electrons. The van der Waals surface area contributed by atoms with E-state index in [0.717, 1.165) is 5.92 Å². The summed E-state index contributed by atoms with van der Waals surface area (Å²) in [5.74, 6) is 0.733. The minimum absolute atomic E-state index is 0.566. The van der Waals surface area contributed by atoms with Crippen molar-refractivity contribution in [3.8, 4) is 0 Å². The van der Waals surface area contributed by atoms with Gasteiger partial charge in [-0.25, -0.2) is 0 Å². The highest BCUT2D eigenvalue weighted by Crippen LogP contribution is 2.35. The molecule has 0 fully saturated rings. The molecule has 1 heteroatoms. The highest BCUT2D eigenvalue weighted by Gasteiger charge is 2.29. The van der Waals surface area contributed by atoms with E-state index in [-0.39, 0.29) is 0 Å². The van der Waals surface area contributed by atoms with Crippen LogP contribution in [0.25, 0.3) is 0 Å². The van der Waals surface area contributed by atoms with Crippen molar-refractivity contribution in [2.24, 2.45) is 5.92 Å². The Kier molecular flexibility index (Phi) is 3.11. The summed E-state index contributed by atoms with van der Waals surface area (Å²) in [5, 5.41) is 3.73. The molecule has 2 rings (SSSR count). The molecule has 3 unspecified atom stereocenters. The van der Waals surface area contributed by atoms with E-state index in [2.05, 4.69) is 50.4 Å². The van der Waals surface area contributed by atoms with E-state index >= 15 is 0 Å². The summed E-state index contributed by atoms with van der Waals surface area (Å²) in [7, 11) is 0. The van der Waals surface area contributed by atoms with E-state index < -0.39 is 0 Å². The third kappa shape index (κ3) is 2.07. The summed E-state index contributed by atoms with van der Waals surface area (Å²) < 4.78 is 0. The summed E-state index contributed by atoms with van der Waals surface area (Å²) in [6, 6.07) is 10.0. The van der Waals surface area contributed by atoms with Crippen LogP contribution < -0.4 is 5.32 Å². The van der Waals surface area contributed by atoms with Gasteiger partial charge < -0.3 is 5.32 Å². The molecule has 0 heterocycles. The lowest BCUT2D eigenvalue weighted by molar-refractivity contribution is 0.370. The van der Waals surface area contributed by atoms with Gasteiger partial charge in [0.05, 0.1) is 0 Å². The topological polar surface area (TPSA) is 12.0 Å². The molecule has 0 saturated carbocycles. The first-order chi connectivity index (χ1) is 7.22. The number of hydrogen-bond acceptors (Lipinski definition) is 1. The van der Waals surface area contributed by atoms with E-state index in [1.807, 2.05) is 0 Å². The summed E-state index contributed by atoms with van der Waals surface area (Å²) >= 11 is 0. The molecule has 1 N–H and O–H groups in total. The third-order valence-electron chi connectivity index (χ3n) is 3.58. The quantitative estimate of drug-likeness (QED) is 0.794. The minimum Gasteiger partial charge on any atom is -0.307 e. The van der Waals surface area contributed by atoms with Gasteiger partial charge in [-0.2, -0.15) is 0 Å². The standard InChI is InChI=1S/C14H21N/c1-4-11(3)15-14-10(2)9-12-7-5-6-8-13(12)14/h5-8,10-11,14-15H,4,9H2,1-3H3. The lowest BCUT2D eigenvalue weighted by Crippen LogP contribution is -2.31. The number of hydrogen-bond donors (Lipinski definition) is 1. The minimum atomic E-state index is 0.566. The molecule has 3 atom stereocenters. The Hall–Kier alpha value is -0.820. The van der Waals surface area contributed by atoms with E-state index in [4.69, 9.17) is 0 Å². The van der Waals surface area contributed by atoms with Crippen molar-refractivity contribution in [2.75, 3.05) is 0 Å². The van der Waals surface area contributed by atoms with Crippen LogP contribution in [0.2, 0.25) is 0 Å². The third-order valence-corrected chi connectivity index (χ3v) is 3.58. The van der Waals surface area contributed by atoms with E-state index in [9.17, 15) is 0 Å². The molecule has 1 aromatic carbocycles. The van der Waals surface area contributed by atoms with Crippen molar-refractivity contribution in [3.05, 3.63) is 35.4 Å². The summed E-state index contributed by atoms with van der Waals surface area (Å²) in [6.45, 7) is 6.86. The molecule has 0 radical (unpaired) electrons. The molecular weight excluding hydrogens is 182 g/mol. The van der Waals surface area contributed by atoms with Crippen molar-refractivity contribution in [3.63, 3.8) is 0 Å². The van der Waals surface area contributed by atoms with Gasteiger partial charge in [-0.1, -0.05) is 38.1 Å². The normalized spacial score (nSPS) is 26.3. The van der Waals surface area contributed by atoms with Gasteiger partial charge in [0.15, 0.2) is 0 Å². The number of fused-ring (bicyclic) bond motifs is 1. The average molecular weight is 203 g/mol. The fourth-order valence-electron chi connectivity index (χ4n) is 2.47. The van der Waals surface area contributed by atoms with Gasteiger partial charge in [-0.15, -0.1) is 0 Å². The summed E-state index contributed by atoms with van der Waals surface area (Å²) in [5.41, 5.74) is 3.05. The van der Waals surface area contributed by atoms with Crippen molar-refractivity contribution in [1.29, 1.82) is 0 Å². The molecular formula is C14H21N. The van der Waals surface area contributed by atoms with Crippen LogP contribution in [0, 0.1) is 5.92 Å². The van der Waals surface area contributed by atoms with Crippen molar-refractivity contribution in [2.45, 2.75) is 45.7 Å². The molecule has 0 aliphatic heterocycles. The van der Waals surface area contributed by atoms with Gasteiger partial charge in [0.25, 0.3) is 0 Å². The number of rotatable bonds is 3. The highest BCUT2D eigenvalue weighted by molar-refractivity contribution is 5.35. The van der Waals surface area contributed by atoms with Crippen molar-refractivity contribution >= 4 is 0 Å². The molecule has 0 aromatic heterocycles. The maximum Gasteiger partial charge on any atom is 0.0354 e. The van der Waals surface area contributed by atoms with Gasteiger partial charge >= 0.3 is 0 Å². The van der Waals surface area contributed by atoms with Crippen LogP contribution in [0.15, 0.2) is 24.3 Å². The second-order valence-corrected chi connectivity index (χ2v) is 4.83. The zero-order valence-corrected chi connectivity index (χ0v) is 9.96. The predicted molar refractivity (Wildman–Crippen MR) is 64.9 cm³/mol. The maximum absolute atomic E-state index is 3.73. The number of benzene rings is 1. The molecule has 0 amide bonds. The lowest BCUT2D eigenvalue weighted by atomic mass is 10.0. The first kappa shape index (κ1) is 10.7. The predicted octanol–water partition coefficient (Wildman–Crippen LogP) is 3.31. The fourth-order valence-corrected chi connectivity index (χ4v) is 2.47. The zero-order valence-electron chi connectivity index (χ0n) is 9.96. The highest BCUT2D eigenvalue weighted by atomic mass is 15.0. The van der Waals surface area contributed by atoms with Gasteiger partial charge in [0.1, 0.15) is 0 Å². The first-order valence-electron chi connectivity index (χ1n) is 6.06. The van der Waals surface area contributed by atoms with Crippen LogP contribution in [-0.2, 0) is 6.42 Å². The van der Waals surface area contributed by atoms with Crippen molar-refractivity contribution in [1.82, 2.24) is 5.32 Å². The lowest BCUT2D eigenvalue weighted by Gasteiger charge is -2.23. The molecule has 15 heavy (non-hydrogen) atoms. The molecule has 1 nitrogen and oxygen atoms in total. The van der Waals surface area contributed by atoms with Crippen LogP contribution in [0.4, 0.5) is 0 Å². The van der Waals surface area contributed by atoms with Gasteiger partial charge in [-0.3, -0.25) is 0 Å². The van der Waals surface area contributed by atoms with Crippen LogP contribution in [0.5, 0.6) is 0 Å². The Labute approximate surface area is 92.9 Å². The Bertz CT molecular complexity index is 332. The Morgan fingerprint density at radius 2 is 2.13 bits per heavy atom. The van der Waals surface area contributed by atoms with Crippen LogP contribution in [0.3, 0.4) is 0 Å². The largest absolute Gasteiger partial charge is 0.307 e. The van der Waals surface area contributed by atoms with E-state index in [0.29, 0.717) is 12.1 Å². The monoisotopic (exact) mass is 203 g/mol. The maximum atomic E-state index is 3.73. The second kappa shape index (κ2) is 4.36. The summed E-state index contributed by atoms with van der Waals surface area (Å²) in [4.78, 5) is 0. The van der Waals surface area contributed by atoms with Crippen LogP contribution >= 0.6 is 0 Å². The molecule has 0 spiro atoms. The molecule has 0 saturated heterocycles. The molecule has 0 bridgehead atoms. The number of nitrogens with one attached hydrogen (secondary N) is 1. The van der Waals surface area contributed by atoms with Crippen molar-refractivity contribution < 1.29 is 0 Å². The summed E-state index contributed by atoms with van der Waals surface area (Å²) in [6.07, 6.45) is 2.43. The van der Waals surface area contributed by atoms with Gasteiger partial charge in [0.2, 0.25) is 0 Å². The van der Waals surface area contributed by atoms with E-state index in [1.165, 1.54) is 24.0 Å². The molecule has 1 aromatic rings. The zero-order chi connectivity index (χ0) is 10.8. The molecule has 1 aliphatic carbocycles.